The third-order valence-corrected chi connectivity index (χ3v) is 10.9. The molecule has 332 valence electrons. The van der Waals surface area contributed by atoms with Gasteiger partial charge in [0.2, 0.25) is 0 Å². The Bertz CT molecular complexity index is 1110. The van der Waals surface area contributed by atoms with E-state index in [1.165, 1.54) is 89.9 Å². The molecule has 4 unspecified atom stereocenters. The van der Waals surface area contributed by atoms with Crippen LogP contribution >= 0.6 is 0 Å². The Kier molecular flexibility index (Phi) is 41.2. The second kappa shape index (κ2) is 42.1. The topological polar surface area (TPSA) is 139 Å². The molecule has 4 atom stereocenters. The summed E-state index contributed by atoms with van der Waals surface area (Å²) in [5.74, 6) is -2.29. The van der Waals surface area contributed by atoms with Crippen molar-refractivity contribution < 1.29 is 39.5 Å². The van der Waals surface area contributed by atoms with Gasteiger partial charge in [-0.1, -0.05) is 216 Å². The SMILES string of the molecule is CCCCCCCCCCC(O)CCCCCC(OCc1ccccc1)C(=O)[O-].CCCCCCCCCCC(O)CCCCCC(OCc1ccccc1)C(=O)[O-].[Ba+2]. The predicted octanol–water partition coefficient (Wildman–Crippen LogP) is 9.95. The molecule has 9 heteroatoms. The van der Waals surface area contributed by atoms with Crippen LogP contribution in [0.3, 0.4) is 0 Å². The number of carbonyl (C=O) groups excluding carboxylic acids is 2. The maximum absolute atomic E-state index is 11.3. The third kappa shape index (κ3) is 36.0. The van der Waals surface area contributed by atoms with Crippen molar-refractivity contribution in [1.82, 2.24) is 0 Å². The van der Waals surface area contributed by atoms with E-state index < -0.39 is 24.1 Å². The minimum absolute atomic E-state index is 0. The summed E-state index contributed by atoms with van der Waals surface area (Å²) < 4.78 is 11.0. The van der Waals surface area contributed by atoms with Crippen LogP contribution < -0.4 is 10.2 Å². The Morgan fingerprint density at radius 3 is 0.983 bits per heavy atom. The van der Waals surface area contributed by atoms with E-state index in [-0.39, 0.29) is 74.3 Å². The number of hydrogen-bond acceptors (Lipinski definition) is 8. The van der Waals surface area contributed by atoms with Crippen LogP contribution in [-0.4, -0.2) is 95.4 Å². The fraction of sp³-hybridized carbons (Fsp3) is 0.720. The second-order valence-corrected chi connectivity index (χ2v) is 16.3. The Morgan fingerprint density at radius 1 is 0.441 bits per heavy atom. The van der Waals surface area contributed by atoms with Crippen molar-refractivity contribution in [3.63, 3.8) is 0 Å². The van der Waals surface area contributed by atoms with Gasteiger partial charge in [0, 0.05) is 0 Å². The van der Waals surface area contributed by atoms with Gasteiger partial charge >= 0.3 is 48.9 Å². The molecule has 0 aliphatic heterocycles. The number of hydrogen-bond donors (Lipinski definition) is 2. The Morgan fingerprint density at radius 2 is 0.695 bits per heavy atom. The van der Waals surface area contributed by atoms with Crippen LogP contribution in [-0.2, 0) is 32.3 Å². The summed E-state index contributed by atoms with van der Waals surface area (Å²) in [6.45, 7) is 5.05. The first-order valence-corrected chi connectivity index (χ1v) is 23.4. The summed E-state index contributed by atoms with van der Waals surface area (Å²) in [5.41, 5.74) is 1.92. The summed E-state index contributed by atoms with van der Waals surface area (Å²) in [7, 11) is 0. The predicted molar refractivity (Wildman–Crippen MR) is 238 cm³/mol. The second-order valence-electron chi connectivity index (χ2n) is 16.3. The first-order valence-electron chi connectivity index (χ1n) is 23.4. The van der Waals surface area contributed by atoms with E-state index in [0.717, 1.165) is 88.2 Å². The number of carboxylic acid groups (broad SMARTS) is 2. The number of ether oxygens (including phenoxy) is 2. The molecular formula is C50H82BaO8. The van der Waals surface area contributed by atoms with Gasteiger partial charge in [-0.15, -0.1) is 0 Å². The number of aliphatic hydroxyl groups is 2. The molecule has 2 rings (SSSR count). The minimum atomic E-state index is -1.14. The minimum Gasteiger partial charge on any atom is -0.547 e. The van der Waals surface area contributed by atoms with Crippen LogP contribution in [0, 0.1) is 0 Å². The summed E-state index contributed by atoms with van der Waals surface area (Å²) >= 11 is 0. The van der Waals surface area contributed by atoms with Gasteiger partial charge in [-0.05, 0) is 49.7 Å². The van der Waals surface area contributed by atoms with Gasteiger partial charge < -0.3 is 39.5 Å². The molecule has 0 spiro atoms. The monoisotopic (exact) mass is 949 g/mol. The molecule has 2 N–H and O–H groups in total. The molecule has 0 saturated carbocycles. The summed E-state index contributed by atoms with van der Waals surface area (Å²) in [6, 6.07) is 19.1. The van der Waals surface area contributed by atoms with Crippen LogP contribution in [0.4, 0.5) is 0 Å². The van der Waals surface area contributed by atoms with E-state index in [9.17, 15) is 30.0 Å². The van der Waals surface area contributed by atoms with E-state index in [0.29, 0.717) is 12.8 Å². The van der Waals surface area contributed by atoms with Crippen molar-refractivity contribution in [2.24, 2.45) is 0 Å². The maximum atomic E-state index is 11.3. The molecule has 0 aliphatic rings. The number of carboxylic acids is 2. The molecule has 8 nitrogen and oxygen atoms in total. The van der Waals surface area contributed by atoms with Gasteiger partial charge in [0.05, 0.1) is 49.6 Å². The zero-order valence-corrected chi connectivity index (χ0v) is 41.8. The zero-order valence-electron chi connectivity index (χ0n) is 37.3. The average Bonchev–Trinajstić information content (AvgIpc) is 3.22. The molecule has 0 aromatic heterocycles. The average molecular weight is 949 g/mol. The fourth-order valence-electron chi connectivity index (χ4n) is 7.17. The number of rotatable bonds is 38. The van der Waals surface area contributed by atoms with Gasteiger partial charge in [0.1, 0.15) is 0 Å². The summed E-state index contributed by atoms with van der Waals surface area (Å²) in [4.78, 5) is 22.5. The van der Waals surface area contributed by atoms with Crippen LogP contribution in [0.2, 0.25) is 0 Å². The smallest absolute Gasteiger partial charge is 0.547 e. The zero-order chi connectivity index (χ0) is 42.3. The quantitative estimate of drug-likeness (QED) is 0.0501. The molecule has 0 saturated heterocycles. The third-order valence-electron chi connectivity index (χ3n) is 10.9. The van der Waals surface area contributed by atoms with Gasteiger partial charge in [0.15, 0.2) is 0 Å². The molecule has 0 radical (unpaired) electrons. The molecular weight excluding hydrogens is 866 g/mol. The first-order chi connectivity index (χ1) is 28.3. The van der Waals surface area contributed by atoms with Crippen molar-refractivity contribution in [2.75, 3.05) is 0 Å². The standard InChI is InChI=1S/2C25H42O4.Ba/c2*1-2-3-4-5-6-7-8-13-18-23(26)19-14-10-15-20-24(25(27)28)29-21-22-16-11-9-12-17-22;/h2*9,11-12,16-17,23-24,26H,2-8,10,13-15,18-21H2,1H3,(H,27,28);/q;;+2/p-2. The van der Waals surface area contributed by atoms with E-state index in [1.807, 2.05) is 60.7 Å². The molecule has 0 aliphatic carbocycles. The first kappa shape index (κ1) is 57.8. The van der Waals surface area contributed by atoms with Crippen molar-refractivity contribution in [2.45, 2.75) is 231 Å². The van der Waals surface area contributed by atoms with Gasteiger partial charge in [-0.3, -0.25) is 0 Å². The van der Waals surface area contributed by atoms with Crippen molar-refractivity contribution in [3.8, 4) is 0 Å². The van der Waals surface area contributed by atoms with E-state index >= 15 is 0 Å². The van der Waals surface area contributed by atoms with Crippen LogP contribution in [0.5, 0.6) is 0 Å². The summed E-state index contributed by atoms with van der Waals surface area (Å²) in [6.07, 6.45) is 27.9. The molecule has 59 heavy (non-hydrogen) atoms. The maximum Gasteiger partial charge on any atom is 2.00 e. The number of carbonyl (C=O) groups is 2. The van der Waals surface area contributed by atoms with E-state index in [2.05, 4.69) is 13.8 Å². The summed E-state index contributed by atoms with van der Waals surface area (Å²) in [5, 5.41) is 42.7. The van der Waals surface area contributed by atoms with Gasteiger partial charge in [0.25, 0.3) is 0 Å². The van der Waals surface area contributed by atoms with Crippen molar-refractivity contribution in [1.29, 1.82) is 0 Å². The Balaban J connectivity index is 0.00000112. The van der Waals surface area contributed by atoms with Crippen molar-refractivity contribution >= 4 is 60.8 Å². The van der Waals surface area contributed by atoms with Gasteiger partial charge in [-0.25, -0.2) is 0 Å². The molecule has 0 amide bonds. The number of aliphatic hydroxyl groups excluding tert-OH is 2. The molecule has 0 bridgehead atoms. The molecule has 2 aromatic carbocycles. The normalized spacial score (nSPS) is 13.1. The van der Waals surface area contributed by atoms with Crippen LogP contribution in [0.15, 0.2) is 60.7 Å². The van der Waals surface area contributed by atoms with E-state index in [1.54, 1.807) is 0 Å². The number of aliphatic carboxylic acids is 2. The van der Waals surface area contributed by atoms with Crippen LogP contribution in [0.25, 0.3) is 0 Å². The largest absolute Gasteiger partial charge is 2.00 e. The van der Waals surface area contributed by atoms with Gasteiger partial charge in [-0.2, -0.15) is 0 Å². The molecule has 0 heterocycles. The number of benzene rings is 2. The molecule has 2 aromatic rings. The number of unbranched alkanes of at least 4 members (excludes halogenated alkanes) is 18. The van der Waals surface area contributed by atoms with E-state index in [4.69, 9.17) is 9.47 Å². The molecule has 0 fully saturated rings. The Labute approximate surface area is 400 Å². The van der Waals surface area contributed by atoms with Crippen molar-refractivity contribution in [3.05, 3.63) is 71.8 Å². The van der Waals surface area contributed by atoms with Crippen LogP contribution in [0.1, 0.15) is 205 Å². The Hall–Kier alpha value is -1.21. The fourth-order valence-corrected chi connectivity index (χ4v) is 7.17.